The van der Waals surface area contributed by atoms with Crippen LogP contribution in [0.15, 0.2) is 42.2 Å². The highest BCUT2D eigenvalue weighted by atomic mass is 32.3. The zero-order valence-electron chi connectivity index (χ0n) is 22.9. The van der Waals surface area contributed by atoms with Crippen LogP contribution >= 0.6 is 0 Å². The molecule has 1 saturated heterocycles. The minimum Gasteiger partial charge on any atom is -0.421 e. The lowest BCUT2D eigenvalue weighted by molar-refractivity contribution is -0.901. The van der Waals surface area contributed by atoms with E-state index in [9.17, 15) is 48.0 Å². The molecule has 0 aliphatic carbocycles. The van der Waals surface area contributed by atoms with Crippen molar-refractivity contribution in [2.75, 3.05) is 26.7 Å². The van der Waals surface area contributed by atoms with Gasteiger partial charge in [-0.25, -0.2) is 26.6 Å². The smallest absolute Gasteiger partial charge is 0.421 e. The zero-order valence-corrected chi connectivity index (χ0v) is 24.5. The molecule has 2 aliphatic rings. The quantitative estimate of drug-likeness (QED) is 0.234. The van der Waals surface area contributed by atoms with E-state index in [0.29, 0.717) is 0 Å². The summed E-state index contributed by atoms with van der Waals surface area (Å²) in [6, 6.07) is 10.7. The molecule has 2 atom stereocenters. The van der Waals surface area contributed by atoms with Crippen molar-refractivity contribution in [3.8, 4) is 0 Å². The van der Waals surface area contributed by atoms with E-state index >= 15 is 0 Å². The van der Waals surface area contributed by atoms with Crippen LogP contribution in [0.2, 0.25) is 0 Å². The Kier molecular flexibility index (Phi) is 12.5. The van der Waals surface area contributed by atoms with E-state index in [1.807, 2.05) is 11.0 Å². The normalized spacial score (nSPS) is 19.8. The predicted octanol–water partition coefficient (Wildman–Crippen LogP) is 2.74. The Labute approximate surface area is 240 Å². The molecule has 1 aromatic rings. The highest BCUT2D eigenvalue weighted by molar-refractivity contribution is 8.13. The monoisotopic (exact) mass is 652 g/mol. The molecule has 1 unspecified atom stereocenters. The van der Waals surface area contributed by atoms with Gasteiger partial charge in [0.15, 0.2) is 20.0 Å². The third-order valence-electron chi connectivity index (χ3n) is 6.16. The molecule has 3 N–H and O–H groups in total. The number of hydrogen-bond donors (Lipinski definition) is 3. The average molecular weight is 653 g/mol. The largest absolute Gasteiger partial charge is 0.480 e. The van der Waals surface area contributed by atoms with E-state index in [0.717, 1.165) is 49.4 Å². The Balaban J connectivity index is 0.000000351. The fourth-order valence-electron chi connectivity index (χ4n) is 4.04. The molecule has 19 heteroatoms. The molecule has 0 spiro atoms. The second kappa shape index (κ2) is 14.7. The lowest BCUT2D eigenvalue weighted by Gasteiger charge is -2.22. The maximum absolute atomic E-state index is 12.2. The SMILES string of the molecule is CCCC[NH+]1C=C(CCCCN2C[C@H](Cc3ccccc3)NC2=O)N(C)N1.O=S(=O)([N-]S(=O)(=O)C(F)(F)F)C(F)(F)F. The van der Waals surface area contributed by atoms with Crippen LogP contribution in [0.1, 0.15) is 44.6 Å². The van der Waals surface area contributed by atoms with Crippen LogP contribution in [-0.4, -0.2) is 76.5 Å². The van der Waals surface area contributed by atoms with Gasteiger partial charge in [0.25, 0.3) is 0 Å². The lowest BCUT2D eigenvalue weighted by Crippen LogP contribution is -3.13. The maximum atomic E-state index is 12.2. The predicted molar refractivity (Wildman–Crippen MR) is 141 cm³/mol. The summed E-state index contributed by atoms with van der Waals surface area (Å²) in [6.45, 7) is 5.00. The molecule has 2 heterocycles. The van der Waals surface area contributed by atoms with Gasteiger partial charge in [-0.1, -0.05) is 49.2 Å². The average Bonchev–Trinajstić information content (AvgIpc) is 3.40. The van der Waals surface area contributed by atoms with Crippen molar-refractivity contribution < 1.29 is 53.0 Å². The number of benzene rings is 1. The number of rotatable bonds is 12. The van der Waals surface area contributed by atoms with Gasteiger partial charge in [0.1, 0.15) is 12.7 Å². The van der Waals surface area contributed by atoms with E-state index < -0.39 is 31.1 Å². The standard InChI is InChI=1S/C21H33N5O.C2F6NO4S2/c1-3-4-14-26-17-20(24(2)23-26)12-8-9-13-25-16-19(22-21(25)27)15-18-10-6-5-7-11-18;3-1(4,5)14(10,11)9-15(12,13)2(6,7)8/h5-7,10-11,17,19,23H,3-4,8-9,12-16H2,1-2H3,(H,22,27);/q;-1/p+1/t19-;/m0./s1. The van der Waals surface area contributed by atoms with Gasteiger partial charge >= 0.3 is 17.0 Å². The van der Waals surface area contributed by atoms with Crippen molar-refractivity contribution in [3.05, 3.63) is 51.9 Å². The Morgan fingerprint density at radius 2 is 1.57 bits per heavy atom. The third kappa shape index (κ3) is 10.6. The van der Waals surface area contributed by atoms with Gasteiger partial charge in [0.05, 0.1) is 11.7 Å². The molecule has 0 radical (unpaired) electrons. The van der Waals surface area contributed by atoms with Crippen LogP contribution in [0.4, 0.5) is 31.1 Å². The summed E-state index contributed by atoms with van der Waals surface area (Å²) < 4.78 is 109. The minimum atomic E-state index is -6.72. The van der Waals surface area contributed by atoms with E-state index in [1.54, 1.807) is 0 Å². The summed E-state index contributed by atoms with van der Waals surface area (Å²) in [7, 11) is -11.4. The number of sulfonamides is 2. The molecular formula is C23H34F6N6O5S2. The van der Waals surface area contributed by atoms with Crippen LogP contribution in [0.3, 0.4) is 0 Å². The Morgan fingerprint density at radius 3 is 2.12 bits per heavy atom. The first-order valence-corrected chi connectivity index (χ1v) is 15.8. The molecular weight excluding hydrogens is 618 g/mol. The van der Waals surface area contributed by atoms with Crippen LogP contribution in [-0.2, 0) is 26.5 Å². The molecule has 1 aromatic carbocycles. The minimum absolute atomic E-state index is 0.0879. The number of quaternary nitrogens is 1. The number of hydrazine groups is 1. The Hall–Kier alpha value is -2.61. The fourth-order valence-corrected chi connectivity index (χ4v) is 5.75. The van der Waals surface area contributed by atoms with Gasteiger partial charge < -0.3 is 14.3 Å². The highest BCUT2D eigenvalue weighted by Gasteiger charge is 2.47. The Bertz CT molecular complexity index is 1230. The van der Waals surface area contributed by atoms with E-state index in [4.69, 9.17) is 0 Å². The number of halogens is 6. The maximum Gasteiger partial charge on any atom is 0.480 e. The van der Waals surface area contributed by atoms with Crippen LogP contribution < -0.4 is 15.9 Å². The Morgan fingerprint density at radius 1 is 0.976 bits per heavy atom. The van der Waals surface area contributed by atoms with Crippen molar-refractivity contribution >= 4 is 26.1 Å². The summed E-state index contributed by atoms with van der Waals surface area (Å²) in [6.07, 6.45) is 8.86. The van der Waals surface area contributed by atoms with Gasteiger partial charge in [-0.15, -0.1) is 0 Å². The second-order valence-corrected chi connectivity index (χ2v) is 13.0. The van der Waals surface area contributed by atoms with Crippen molar-refractivity contribution in [1.82, 2.24) is 20.8 Å². The number of amides is 2. The molecule has 2 aliphatic heterocycles. The van der Waals surface area contributed by atoms with Crippen molar-refractivity contribution in [2.24, 2.45) is 0 Å². The zero-order chi connectivity index (χ0) is 31.8. The fraction of sp³-hybridized carbons (Fsp3) is 0.609. The number of alkyl halides is 6. The van der Waals surface area contributed by atoms with Crippen LogP contribution in [0.5, 0.6) is 0 Å². The van der Waals surface area contributed by atoms with Crippen molar-refractivity contribution in [3.63, 3.8) is 0 Å². The molecule has 2 amide bonds. The van der Waals surface area contributed by atoms with Gasteiger partial charge in [0.2, 0.25) is 0 Å². The van der Waals surface area contributed by atoms with Gasteiger partial charge in [-0.2, -0.15) is 26.3 Å². The van der Waals surface area contributed by atoms with Crippen LogP contribution in [0.25, 0.3) is 4.13 Å². The first-order chi connectivity index (χ1) is 19.4. The van der Waals surface area contributed by atoms with E-state index in [-0.39, 0.29) is 12.1 Å². The molecule has 240 valence electrons. The van der Waals surface area contributed by atoms with E-state index in [2.05, 4.69) is 60.3 Å². The number of urea groups is 1. The number of carbonyl (C=O) groups is 1. The van der Waals surface area contributed by atoms with Gasteiger partial charge in [-0.3, -0.25) is 5.01 Å². The molecule has 1 fully saturated rings. The second-order valence-electron chi connectivity index (χ2n) is 9.59. The number of carbonyl (C=O) groups excluding carboxylic acids is 1. The molecule has 0 bridgehead atoms. The molecule has 0 saturated carbocycles. The molecule has 11 nitrogen and oxygen atoms in total. The number of hydrogen-bond acceptors (Lipinski definition) is 7. The first kappa shape index (κ1) is 35.6. The highest BCUT2D eigenvalue weighted by Crippen LogP contribution is 2.36. The molecule has 42 heavy (non-hydrogen) atoms. The summed E-state index contributed by atoms with van der Waals surface area (Å²) >= 11 is 0. The topological polar surface area (TPSA) is 134 Å². The summed E-state index contributed by atoms with van der Waals surface area (Å²) in [5, 5.41) is 6.59. The number of nitrogens with one attached hydrogen (secondary N) is 3. The molecule has 3 rings (SSSR count). The summed E-state index contributed by atoms with van der Waals surface area (Å²) in [5.74, 6) is 0. The van der Waals surface area contributed by atoms with Crippen molar-refractivity contribution in [2.45, 2.75) is 62.5 Å². The third-order valence-corrected chi connectivity index (χ3v) is 8.90. The lowest BCUT2D eigenvalue weighted by atomic mass is 10.1. The summed E-state index contributed by atoms with van der Waals surface area (Å²) in [4.78, 5) is 14.2. The molecule has 0 aromatic heterocycles. The number of nitrogens with zero attached hydrogens (tertiary/aromatic N) is 3. The first-order valence-electron chi connectivity index (χ1n) is 12.9. The number of unbranched alkanes of at least 4 members (excludes halogenated alkanes) is 2. The van der Waals surface area contributed by atoms with Crippen LogP contribution in [0, 0.1) is 0 Å². The van der Waals surface area contributed by atoms with Crippen molar-refractivity contribution in [1.29, 1.82) is 0 Å². The van der Waals surface area contributed by atoms with Gasteiger partial charge in [0, 0.05) is 20.1 Å². The van der Waals surface area contributed by atoms with E-state index in [1.165, 1.54) is 29.1 Å². The summed E-state index contributed by atoms with van der Waals surface area (Å²) in [5.41, 5.74) is -6.33. The number of allylic oxidation sites excluding steroid dienone is 1. The van der Waals surface area contributed by atoms with Gasteiger partial charge in [-0.05, 0) is 37.7 Å².